The number of nitrogens with one attached hydrogen (secondary N) is 6. The van der Waals surface area contributed by atoms with E-state index in [0.29, 0.717) is 11.3 Å². The molecule has 0 aliphatic carbocycles. The maximum atomic E-state index is 14.6. The first-order chi connectivity index (χ1) is 24.8. The third-order valence-corrected chi connectivity index (χ3v) is 10.5. The third kappa shape index (κ3) is 7.84. The molecule has 5 rings (SSSR count). The van der Waals surface area contributed by atoms with Crippen molar-refractivity contribution in [1.29, 1.82) is 0 Å². The summed E-state index contributed by atoms with van der Waals surface area (Å²) in [6, 6.07) is -1.08. The van der Waals surface area contributed by atoms with Gasteiger partial charge in [0.25, 0.3) is 5.91 Å². The number of para-hydroxylation sites is 1. The largest absolute Gasteiger partial charge is 0.392 e. The molecule has 292 valence electrons. The van der Waals surface area contributed by atoms with Gasteiger partial charge in [-0.2, -0.15) is 0 Å². The van der Waals surface area contributed by atoms with Gasteiger partial charge in [0.05, 0.1) is 12.2 Å². The average molecular weight is 743 g/mol. The molecule has 0 saturated carbocycles. The van der Waals surface area contributed by atoms with Crippen LogP contribution >= 0.6 is 0 Å². The number of hydrogen-bond donors (Lipinski definition) is 9. The molecule has 0 radical (unpaired) electrons. The number of carbonyl (C=O) groups excluding carboxylic acids is 6. The quantitative estimate of drug-likeness (QED) is 0.166. The molecule has 0 aromatic heterocycles. The highest BCUT2D eigenvalue weighted by Crippen LogP contribution is 2.49. The smallest absolute Gasteiger partial charge is 0.260 e. The molecular formula is C36H54N8O9. The molecule has 0 unspecified atom stereocenters. The number of nitrogens with zero attached hydrogens (tertiary/aromatic N) is 2. The molecule has 53 heavy (non-hydrogen) atoms. The number of aliphatic hydroxyl groups is 3. The van der Waals surface area contributed by atoms with Gasteiger partial charge in [-0.25, -0.2) is 5.43 Å². The van der Waals surface area contributed by atoms with Gasteiger partial charge >= 0.3 is 0 Å². The van der Waals surface area contributed by atoms with E-state index in [1.807, 2.05) is 13.8 Å². The zero-order valence-corrected chi connectivity index (χ0v) is 31.3. The molecule has 4 aliphatic heterocycles. The van der Waals surface area contributed by atoms with Gasteiger partial charge in [-0.1, -0.05) is 59.7 Å². The van der Waals surface area contributed by atoms with E-state index in [2.05, 4.69) is 32.0 Å². The van der Waals surface area contributed by atoms with Crippen molar-refractivity contribution in [2.75, 3.05) is 11.9 Å². The monoisotopic (exact) mass is 742 g/mol. The number of hydrogen-bond acceptors (Lipinski definition) is 11. The Balaban J connectivity index is 1.61. The van der Waals surface area contributed by atoms with E-state index in [0.717, 1.165) is 9.91 Å². The molecule has 0 spiro atoms. The number of carbonyl (C=O) groups is 6. The van der Waals surface area contributed by atoms with E-state index in [9.17, 15) is 44.1 Å². The van der Waals surface area contributed by atoms with E-state index in [1.54, 1.807) is 52.0 Å². The maximum absolute atomic E-state index is 14.6. The minimum Gasteiger partial charge on any atom is -0.392 e. The molecule has 1 aromatic rings. The standard InChI is InChI=1S/C36H54N8O9/c1-16(2)12-23-29(47)42-28(19(7)45)33(51)43-25(14-36(53)21-10-8-9-11-22(21)39-35(36)43)31(49)40-26(17(3)4)32(50)41-27(18(5)6)34(52)44-24(30(48)38-23)13-20(46)15-37-44/h8-11,16-20,23-28,35,37,39,45-46,53H,12-15H2,1-7H3,(H,38,48)(H,40,49)(H,41,50)(H,42,47)/t19-,20+,23-,24+,25-,26+,27-,28+,35-,36+/m0/s1. The van der Waals surface area contributed by atoms with Gasteiger partial charge in [-0.3, -0.25) is 33.8 Å². The van der Waals surface area contributed by atoms with Crippen LogP contribution < -0.4 is 32.0 Å². The zero-order chi connectivity index (χ0) is 39.1. The van der Waals surface area contributed by atoms with Crippen LogP contribution in [0.25, 0.3) is 0 Å². The Morgan fingerprint density at radius 3 is 1.98 bits per heavy atom. The summed E-state index contributed by atoms with van der Waals surface area (Å²) in [4.78, 5) is 86.1. The van der Waals surface area contributed by atoms with Crippen molar-refractivity contribution in [3.05, 3.63) is 29.8 Å². The van der Waals surface area contributed by atoms with Crippen molar-refractivity contribution in [2.24, 2.45) is 17.8 Å². The van der Waals surface area contributed by atoms with Crippen molar-refractivity contribution in [2.45, 2.75) is 128 Å². The number of β-amino-alcohol motifs (C(OH)–C–C–N with tert-alkyl or cyclic N) is 1. The number of benzene rings is 1. The van der Waals surface area contributed by atoms with Crippen molar-refractivity contribution in [3.63, 3.8) is 0 Å². The second-order valence-corrected chi connectivity index (χ2v) is 15.8. The SMILES string of the molecule is CC(C)C[C@@H]1NC(=O)[C@H]2C[C@@H](O)CNN2C(=O)[C@H](C(C)C)NC(=O)[C@@H](C(C)C)NC(=O)[C@@H]2C[C@@]3(O)c4ccccc4N[C@H]3N2C(=O)[C@@H]([C@H](C)O)NC1=O. The molecule has 3 saturated heterocycles. The van der Waals surface area contributed by atoms with Crippen LogP contribution in [0.5, 0.6) is 0 Å². The predicted octanol–water partition coefficient (Wildman–Crippen LogP) is -1.62. The minimum absolute atomic E-state index is 0.0579. The van der Waals surface area contributed by atoms with Crippen LogP contribution in [0.1, 0.15) is 73.3 Å². The summed E-state index contributed by atoms with van der Waals surface area (Å²) in [6.45, 7) is 11.7. The number of hydrazine groups is 1. The first-order valence-electron chi connectivity index (χ1n) is 18.4. The molecule has 10 atom stereocenters. The number of aliphatic hydroxyl groups excluding tert-OH is 2. The van der Waals surface area contributed by atoms with Gasteiger partial charge in [0.1, 0.15) is 48.0 Å². The normalized spacial score (nSPS) is 33.5. The lowest BCUT2D eigenvalue weighted by molar-refractivity contribution is -0.154. The number of fused-ring (bicyclic) bond motifs is 6. The van der Waals surface area contributed by atoms with E-state index in [-0.39, 0.29) is 31.7 Å². The second kappa shape index (κ2) is 15.6. The maximum Gasteiger partial charge on any atom is 0.260 e. The van der Waals surface area contributed by atoms with E-state index < -0.39 is 108 Å². The van der Waals surface area contributed by atoms with E-state index >= 15 is 0 Å². The van der Waals surface area contributed by atoms with Crippen LogP contribution in [0.15, 0.2) is 24.3 Å². The van der Waals surface area contributed by atoms with Crippen LogP contribution in [-0.2, 0) is 34.4 Å². The average Bonchev–Trinajstić information content (AvgIpc) is 3.54. The number of rotatable bonds is 5. The molecule has 4 heterocycles. The first-order valence-corrected chi connectivity index (χ1v) is 18.4. The summed E-state index contributed by atoms with van der Waals surface area (Å²) < 4.78 is 0. The molecule has 1 aromatic carbocycles. The minimum atomic E-state index is -1.76. The molecule has 4 aliphatic rings. The second-order valence-electron chi connectivity index (χ2n) is 15.8. The molecule has 3 fully saturated rings. The Bertz CT molecular complexity index is 1600. The highest BCUT2D eigenvalue weighted by Gasteiger charge is 2.61. The number of amides is 6. The summed E-state index contributed by atoms with van der Waals surface area (Å²) in [7, 11) is 0. The summed E-state index contributed by atoms with van der Waals surface area (Å²) >= 11 is 0. The van der Waals surface area contributed by atoms with Crippen molar-refractivity contribution in [1.82, 2.24) is 36.6 Å². The Kier molecular flexibility index (Phi) is 11.7. The number of anilines is 1. The van der Waals surface area contributed by atoms with E-state index in [1.165, 1.54) is 6.92 Å². The summed E-state index contributed by atoms with van der Waals surface area (Å²) in [6.07, 6.45) is -4.06. The van der Waals surface area contributed by atoms with E-state index in [4.69, 9.17) is 0 Å². The van der Waals surface area contributed by atoms with Crippen molar-refractivity contribution < 1.29 is 44.1 Å². The highest BCUT2D eigenvalue weighted by atomic mass is 16.3. The van der Waals surface area contributed by atoms with Gasteiger partial charge in [0.15, 0.2) is 0 Å². The van der Waals surface area contributed by atoms with Crippen LogP contribution in [0, 0.1) is 17.8 Å². The fourth-order valence-electron chi connectivity index (χ4n) is 7.68. The summed E-state index contributed by atoms with van der Waals surface area (Å²) in [5.41, 5.74) is 2.01. The first kappa shape index (κ1) is 39.9. The molecule has 0 bridgehead atoms. The fraction of sp³-hybridized carbons (Fsp3) is 0.667. The van der Waals surface area contributed by atoms with Crippen molar-refractivity contribution >= 4 is 41.1 Å². The van der Waals surface area contributed by atoms with Gasteiger partial charge < -0.3 is 46.8 Å². The lowest BCUT2D eigenvalue weighted by Gasteiger charge is -2.40. The Hall–Kier alpha value is -4.32. The summed E-state index contributed by atoms with van der Waals surface area (Å²) in [5, 5.41) is 48.6. The lowest BCUT2D eigenvalue weighted by atomic mass is 9.91. The van der Waals surface area contributed by atoms with Gasteiger partial charge in [0, 0.05) is 30.6 Å². The molecule has 6 amide bonds. The topological polar surface area (TPSA) is 242 Å². The Morgan fingerprint density at radius 1 is 0.755 bits per heavy atom. The highest BCUT2D eigenvalue weighted by molar-refractivity contribution is 5.99. The molecule has 17 heteroatoms. The zero-order valence-electron chi connectivity index (χ0n) is 31.3. The molecule has 17 nitrogen and oxygen atoms in total. The van der Waals surface area contributed by atoms with Gasteiger partial charge in [0.2, 0.25) is 29.5 Å². The van der Waals surface area contributed by atoms with Gasteiger partial charge in [-0.15, -0.1) is 0 Å². The fourth-order valence-corrected chi connectivity index (χ4v) is 7.68. The molecule has 9 N–H and O–H groups in total. The summed E-state index contributed by atoms with van der Waals surface area (Å²) in [5.74, 6) is -5.71. The Labute approximate surface area is 308 Å². The van der Waals surface area contributed by atoms with Crippen LogP contribution in [0.3, 0.4) is 0 Å². The molecular weight excluding hydrogens is 688 g/mol. The Morgan fingerprint density at radius 2 is 1.36 bits per heavy atom. The van der Waals surface area contributed by atoms with Crippen LogP contribution in [-0.4, -0.2) is 122 Å². The van der Waals surface area contributed by atoms with Crippen LogP contribution in [0.2, 0.25) is 0 Å². The predicted molar refractivity (Wildman–Crippen MR) is 191 cm³/mol. The van der Waals surface area contributed by atoms with Crippen LogP contribution in [0.4, 0.5) is 5.69 Å². The van der Waals surface area contributed by atoms with Gasteiger partial charge in [-0.05, 0) is 37.2 Å². The van der Waals surface area contributed by atoms with Crippen molar-refractivity contribution in [3.8, 4) is 0 Å². The third-order valence-electron chi connectivity index (χ3n) is 10.5. The lowest BCUT2D eigenvalue weighted by Crippen LogP contribution is -2.68.